The van der Waals surface area contributed by atoms with Gasteiger partial charge in [0.15, 0.2) is 0 Å². The molecule has 0 fully saturated rings. The highest BCUT2D eigenvalue weighted by atomic mass is 32.2. The summed E-state index contributed by atoms with van der Waals surface area (Å²) in [6, 6.07) is 1.97. The summed E-state index contributed by atoms with van der Waals surface area (Å²) in [5.41, 5.74) is 0. The molecule has 0 aliphatic carbocycles. The number of aryl methyl sites for hydroxylation is 1. The lowest BCUT2D eigenvalue weighted by molar-refractivity contribution is 0.818. The van der Waals surface area contributed by atoms with Crippen LogP contribution in [0.3, 0.4) is 0 Å². The highest BCUT2D eigenvalue weighted by Crippen LogP contribution is 2.12. The van der Waals surface area contributed by atoms with Gasteiger partial charge in [-0.25, -0.2) is 9.97 Å². The van der Waals surface area contributed by atoms with Crippen molar-refractivity contribution in [2.75, 3.05) is 36.2 Å². The predicted octanol–water partition coefficient (Wildman–Crippen LogP) is 3.03. The van der Waals surface area contributed by atoms with E-state index in [2.05, 4.69) is 33.8 Å². The molecule has 0 bridgehead atoms. The quantitative estimate of drug-likeness (QED) is 0.674. The number of nitrogens with zero attached hydrogens (tertiary/aromatic N) is 2. The summed E-state index contributed by atoms with van der Waals surface area (Å²) in [5, 5.41) is 6.46. The number of unbranched alkanes of at least 4 members (excludes halogenated alkanes) is 1. The molecule has 0 aromatic carbocycles. The van der Waals surface area contributed by atoms with Crippen molar-refractivity contribution in [1.29, 1.82) is 0 Å². The molecule has 0 saturated heterocycles. The molecule has 0 aliphatic heterocycles. The molecule has 18 heavy (non-hydrogen) atoms. The lowest BCUT2D eigenvalue weighted by Gasteiger charge is -2.09. The third kappa shape index (κ3) is 5.58. The fourth-order valence-corrected chi connectivity index (χ4v) is 2.13. The standard InChI is InChI=1S/C13H24N4S/c1-4-7-11-16-12(14-2)10-13(17-11)15-8-5-6-9-18-3/h10H,4-9H2,1-3H3,(H2,14,15,16,17). The zero-order chi connectivity index (χ0) is 13.2. The Morgan fingerprint density at radius 3 is 2.67 bits per heavy atom. The number of nitrogens with one attached hydrogen (secondary N) is 2. The van der Waals surface area contributed by atoms with E-state index >= 15 is 0 Å². The van der Waals surface area contributed by atoms with Gasteiger partial charge in [0.2, 0.25) is 0 Å². The summed E-state index contributed by atoms with van der Waals surface area (Å²) < 4.78 is 0. The Bertz CT molecular complexity index is 344. The average molecular weight is 268 g/mol. The third-order valence-electron chi connectivity index (χ3n) is 2.58. The first kappa shape index (κ1) is 15.1. The van der Waals surface area contributed by atoms with Crippen LogP contribution >= 0.6 is 11.8 Å². The van der Waals surface area contributed by atoms with E-state index in [-0.39, 0.29) is 0 Å². The minimum Gasteiger partial charge on any atom is -0.373 e. The van der Waals surface area contributed by atoms with E-state index in [9.17, 15) is 0 Å². The van der Waals surface area contributed by atoms with Crippen LogP contribution in [0.25, 0.3) is 0 Å². The number of hydrogen-bond acceptors (Lipinski definition) is 5. The van der Waals surface area contributed by atoms with Crippen molar-refractivity contribution < 1.29 is 0 Å². The van der Waals surface area contributed by atoms with Crippen molar-refractivity contribution in [3.05, 3.63) is 11.9 Å². The summed E-state index contributed by atoms with van der Waals surface area (Å²) in [6.07, 6.45) is 6.58. The van der Waals surface area contributed by atoms with Crippen LogP contribution in [0, 0.1) is 0 Å². The lowest BCUT2D eigenvalue weighted by Crippen LogP contribution is -2.08. The molecule has 1 aromatic heterocycles. The largest absolute Gasteiger partial charge is 0.373 e. The Hall–Kier alpha value is -0.970. The number of hydrogen-bond donors (Lipinski definition) is 2. The number of anilines is 2. The fraction of sp³-hybridized carbons (Fsp3) is 0.692. The van der Waals surface area contributed by atoms with Gasteiger partial charge in [-0.15, -0.1) is 0 Å². The average Bonchev–Trinajstić information content (AvgIpc) is 2.38. The Morgan fingerprint density at radius 1 is 1.22 bits per heavy atom. The van der Waals surface area contributed by atoms with E-state index in [4.69, 9.17) is 0 Å². The van der Waals surface area contributed by atoms with Gasteiger partial charge in [0, 0.05) is 26.1 Å². The Morgan fingerprint density at radius 2 is 2.00 bits per heavy atom. The highest BCUT2D eigenvalue weighted by molar-refractivity contribution is 7.98. The van der Waals surface area contributed by atoms with Crippen LogP contribution in [0.2, 0.25) is 0 Å². The third-order valence-corrected chi connectivity index (χ3v) is 3.28. The zero-order valence-corrected chi connectivity index (χ0v) is 12.4. The molecule has 5 heteroatoms. The maximum atomic E-state index is 4.52. The van der Waals surface area contributed by atoms with Gasteiger partial charge in [0.05, 0.1) is 0 Å². The van der Waals surface area contributed by atoms with Crippen LogP contribution in [0.5, 0.6) is 0 Å². The van der Waals surface area contributed by atoms with Gasteiger partial charge in [-0.3, -0.25) is 0 Å². The molecule has 1 aromatic rings. The van der Waals surface area contributed by atoms with Gasteiger partial charge in [0.25, 0.3) is 0 Å². The topological polar surface area (TPSA) is 49.8 Å². The molecule has 1 rings (SSSR count). The number of thioether (sulfide) groups is 1. The Balaban J connectivity index is 2.50. The van der Waals surface area contributed by atoms with E-state index < -0.39 is 0 Å². The summed E-state index contributed by atoms with van der Waals surface area (Å²) in [7, 11) is 1.89. The second-order valence-electron chi connectivity index (χ2n) is 4.18. The molecule has 0 radical (unpaired) electrons. The maximum Gasteiger partial charge on any atom is 0.133 e. The molecule has 0 aliphatic rings. The van der Waals surface area contributed by atoms with Gasteiger partial charge >= 0.3 is 0 Å². The van der Waals surface area contributed by atoms with Crippen LogP contribution in [0.1, 0.15) is 32.0 Å². The molecule has 0 spiro atoms. The molecule has 1 heterocycles. The first-order chi connectivity index (χ1) is 8.80. The van der Waals surface area contributed by atoms with Crippen LogP contribution in [-0.4, -0.2) is 35.6 Å². The van der Waals surface area contributed by atoms with Crippen molar-refractivity contribution >= 4 is 23.4 Å². The van der Waals surface area contributed by atoms with Crippen molar-refractivity contribution in [2.24, 2.45) is 0 Å². The molecule has 0 amide bonds. The summed E-state index contributed by atoms with van der Waals surface area (Å²) in [4.78, 5) is 8.96. The summed E-state index contributed by atoms with van der Waals surface area (Å²) in [6.45, 7) is 3.12. The molecule has 102 valence electrons. The second-order valence-corrected chi connectivity index (χ2v) is 5.17. The number of rotatable bonds is 9. The van der Waals surface area contributed by atoms with E-state index in [0.29, 0.717) is 0 Å². The molecule has 0 unspecified atom stereocenters. The molecular formula is C13H24N4S. The van der Waals surface area contributed by atoms with Gasteiger partial charge < -0.3 is 10.6 Å². The van der Waals surface area contributed by atoms with E-state index in [1.54, 1.807) is 0 Å². The summed E-state index contributed by atoms with van der Waals surface area (Å²) >= 11 is 1.90. The second kappa shape index (κ2) is 9.03. The van der Waals surface area contributed by atoms with E-state index in [1.165, 1.54) is 18.6 Å². The van der Waals surface area contributed by atoms with Crippen molar-refractivity contribution in [1.82, 2.24) is 9.97 Å². The monoisotopic (exact) mass is 268 g/mol. The summed E-state index contributed by atoms with van der Waals surface area (Å²) in [5.74, 6) is 3.96. The predicted molar refractivity (Wildman–Crippen MR) is 81.7 cm³/mol. The lowest BCUT2D eigenvalue weighted by atomic mass is 10.3. The van der Waals surface area contributed by atoms with Crippen LogP contribution in [0.15, 0.2) is 6.07 Å². The molecule has 4 nitrogen and oxygen atoms in total. The fourth-order valence-electron chi connectivity index (χ4n) is 1.64. The zero-order valence-electron chi connectivity index (χ0n) is 11.6. The highest BCUT2D eigenvalue weighted by Gasteiger charge is 2.02. The SMILES string of the molecule is CCCc1nc(NC)cc(NCCCCSC)n1. The van der Waals surface area contributed by atoms with Crippen LogP contribution < -0.4 is 10.6 Å². The van der Waals surface area contributed by atoms with Gasteiger partial charge in [0.1, 0.15) is 17.5 Å². The molecule has 0 atom stereocenters. The normalized spacial score (nSPS) is 10.4. The van der Waals surface area contributed by atoms with Gasteiger partial charge in [-0.2, -0.15) is 11.8 Å². The number of aromatic nitrogens is 2. The van der Waals surface area contributed by atoms with Gasteiger partial charge in [-0.1, -0.05) is 6.92 Å². The van der Waals surface area contributed by atoms with Crippen molar-refractivity contribution in [3.63, 3.8) is 0 Å². The first-order valence-electron chi connectivity index (χ1n) is 6.58. The Kier molecular flexibility index (Phi) is 7.57. The van der Waals surface area contributed by atoms with E-state index in [0.717, 1.165) is 36.8 Å². The maximum absolute atomic E-state index is 4.52. The smallest absolute Gasteiger partial charge is 0.133 e. The van der Waals surface area contributed by atoms with Crippen molar-refractivity contribution in [2.45, 2.75) is 32.6 Å². The Labute approximate surface area is 114 Å². The minimum atomic E-state index is 0.889. The van der Waals surface area contributed by atoms with Gasteiger partial charge in [-0.05, 0) is 31.3 Å². The van der Waals surface area contributed by atoms with Crippen LogP contribution in [0.4, 0.5) is 11.6 Å². The minimum absolute atomic E-state index is 0.889. The van der Waals surface area contributed by atoms with E-state index in [1.807, 2.05) is 24.9 Å². The molecule has 2 N–H and O–H groups in total. The van der Waals surface area contributed by atoms with Crippen LogP contribution in [-0.2, 0) is 6.42 Å². The first-order valence-corrected chi connectivity index (χ1v) is 7.98. The molecule has 0 saturated carbocycles. The molecular weight excluding hydrogens is 244 g/mol. The van der Waals surface area contributed by atoms with Crippen molar-refractivity contribution in [3.8, 4) is 0 Å².